The van der Waals surface area contributed by atoms with Crippen molar-refractivity contribution in [3.05, 3.63) is 51.7 Å². The number of thiophene rings is 1. The van der Waals surface area contributed by atoms with Crippen LogP contribution in [0.4, 0.5) is 0 Å². The van der Waals surface area contributed by atoms with Crippen LogP contribution in [0.5, 0.6) is 5.75 Å². The lowest BCUT2D eigenvalue weighted by atomic mass is 9.94. The third-order valence-electron chi connectivity index (χ3n) is 3.82. The van der Waals surface area contributed by atoms with Crippen LogP contribution in [-0.2, 0) is 17.8 Å². The van der Waals surface area contributed by atoms with Crippen molar-refractivity contribution in [1.29, 1.82) is 0 Å². The molecule has 0 unspecified atom stereocenters. The standard InChI is InChI=1S/C16H15NO4S/c1-21-12-7-14(22-9-12)15(18)17-8-11-5-3-2-4-10(11)6-13(17)16(19)20/h2-5,7,9,13H,6,8H2,1H3,(H,19,20)/t13-/m0/s1. The number of hydrogen-bond acceptors (Lipinski definition) is 4. The van der Waals surface area contributed by atoms with Gasteiger partial charge in [-0.25, -0.2) is 4.79 Å². The lowest BCUT2D eigenvalue weighted by Gasteiger charge is -2.34. The van der Waals surface area contributed by atoms with Crippen molar-refractivity contribution >= 4 is 23.2 Å². The van der Waals surface area contributed by atoms with E-state index in [0.717, 1.165) is 11.1 Å². The summed E-state index contributed by atoms with van der Waals surface area (Å²) in [7, 11) is 1.54. The third-order valence-corrected chi connectivity index (χ3v) is 4.71. The predicted molar refractivity (Wildman–Crippen MR) is 82.3 cm³/mol. The van der Waals surface area contributed by atoms with E-state index in [2.05, 4.69) is 0 Å². The Balaban J connectivity index is 1.93. The number of methoxy groups -OCH3 is 1. The number of carboxylic acid groups (broad SMARTS) is 1. The molecule has 2 aromatic rings. The zero-order chi connectivity index (χ0) is 15.7. The number of carbonyl (C=O) groups is 2. The van der Waals surface area contributed by atoms with Crippen LogP contribution in [0.3, 0.4) is 0 Å². The molecule has 0 radical (unpaired) electrons. The summed E-state index contributed by atoms with van der Waals surface area (Å²) in [4.78, 5) is 26.1. The predicted octanol–water partition coefficient (Wildman–Crippen LogP) is 2.41. The fraction of sp³-hybridized carbons (Fsp3) is 0.250. The summed E-state index contributed by atoms with van der Waals surface area (Å²) in [5, 5.41) is 11.2. The van der Waals surface area contributed by atoms with Gasteiger partial charge in [-0.2, -0.15) is 0 Å². The molecule has 0 saturated carbocycles. The second-order valence-electron chi connectivity index (χ2n) is 5.11. The molecule has 2 heterocycles. The second kappa shape index (κ2) is 5.81. The first-order valence-corrected chi connectivity index (χ1v) is 7.71. The number of carbonyl (C=O) groups excluding carboxylic acids is 1. The maximum absolute atomic E-state index is 12.7. The quantitative estimate of drug-likeness (QED) is 0.944. The average Bonchev–Trinajstić information content (AvgIpc) is 3.02. The SMILES string of the molecule is COc1csc(C(=O)N2Cc3ccccc3C[C@H]2C(=O)O)c1. The second-order valence-corrected chi connectivity index (χ2v) is 6.02. The van der Waals surface area contributed by atoms with Gasteiger partial charge in [-0.15, -0.1) is 11.3 Å². The van der Waals surface area contributed by atoms with Crippen LogP contribution in [0.2, 0.25) is 0 Å². The summed E-state index contributed by atoms with van der Waals surface area (Å²) in [6, 6.07) is 8.45. The molecule has 0 bridgehead atoms. The molecule has 0 spiro atoms. The van der Waals surface area contributed by atoms with E-state index >= 15 is 0 Å². The minimum Gasteiger partial charge on any atom is -0.496 e. The van der Waals surface area contributed by atoms with Gasteiger partial charge in [0.25, 0.3) is 5.91 Å². The van der Waals surface area contributed by atoms with Gasteiger partial charge in [0.15, 0.2) is 0 Å². The van der Waals surface area contributed by atoms with Crippen molar-refractivity contribution in [3.63, 3.8) is 0 Å². The molecule has 0 fully saturated rings. The summed E-state index contributed by atoms with van der Waals surface area (Å²) in [6.45, 7) is 0.312. The smallest absolute Gasteiger partial charge is 0.326 e. The normalized spacial score (nSPS) is 17.0. The zero-order valence-electron chi connectivity index (χ0n) is 12.0. The molecule has 5 nitrogen and oxygen atoms in total. The van der Waals surface area contributed by atoms with Gasteiger partial charge >= 0.3 is 5.97 Å². The minimum atomic E-state index is -0.980. The van der Waals surface area contributed by atoms with E-state index in [0.29, 0.717) is 23.6 Å². The van der Waals surface area contributed by atoms with Gasteiger partial charge in [0.2, 0.25) is 0 Å². The number of carboxylic acids is 1. The number of benzene rings is 1. The van der Waals surface area contributed by atoms with E-state index in [1.807, 2.05) is 24.3 Å². The van der Waals surface area contributed by atoms with Crippen LogP contribution >= 0.6 is 11.3 Å². The fourth-order valence-corrected chi connectivity index (χ4v) is 3.45. The Morgan fingerprint density at radius 2 is 2.05 bits per heavy atom. The summed E-state index contributed by atoms with van der Waals surface area (Å²) in [5.41, 5.74) is 1.99. The average molecular weight is 317 g/mol. The molecule has 114 valence electrons. The van der Waals surface area contributed by atoms with Crippen LogP contribution in [-0.4, -0.2) is 35.0 Å². The molecule has 1 aromatic carbocycles. The van der Waals surface area contributed by atoms with E-state index < -0.39 is 12.0 Å². The van der Waals surface area contributed by atoms with Gasteiger partial charge in [0.1, 0.15) is 11.8 Å². The lowest BCUT2D eigenvalue weighted by molar-refractivity contribution is -0.142. The number of ether oxygens (including phenoxy) is 1. The van der Waals surface area contributed by atoms with Gasteiger partial charge < -0.3 is 14.7 Å². The van der Waals surface area contributed by atoms with E-state index in [1.165, 1.54) is 23.3 Å². The molecule has 1 N–H and O–H groups in total. The topological polar surface area (TPSA) is 66.8 Å². The molecule has 0 aliphatic carbocycles. The van der Waals surface area contributed by atoms with Crippen LogP contribution in [0.1, 0.15) is 20.8 Å². The number of nitrogens with zero attached hydrogens (tertiary/aromatic N) is 1. The highest BCUT2D eigenvalue weighted by Gasteiger charge is 2.35. The number of amides is 1. The van der Waals surface area contributed by atoms with Crippen molar-refractivity contribution in [2.24, 2.45) is 0 Å². The van der Waals surface area contributed by atoms with E-state index in [4.69, 9.17) is 4.74 Å². The molecule has 1 aliphatic heterocycles. The van der Waals surface area contributed by atoms with Crippen LogP contribution < -0.4 is 4.74 Å². The Morgan fingerprint density at radius 3 is 2.68 bits per heavy atom. The van der Waals surface area contributed by atoms with Gasteiger partial charge in [-0.05, 0) is 11.1 Å². The molecule has 1 aromatic heterocycles. The van der Waals surface area contributed by atoms with Crippen molar-refractivity contribution in [1.82, 2.24) is 4.90 Å². The number of fused-ring (bicyclic) bond motifs is 1. The van der Waals surface area contributed by atoms with Crippen LogP contribution in [0.25, 0.3) is 0 Å². The molecule has 1 aliphatic rings. The van der Waals surface area contributed by atoms with Crippen LogP contribution in [0, 0.1) is 0 Å². The van der Waals surface area contributed by atoms with Crippen LogP contribution in [0.15, 0.2) is 35.7 Å². The van der Waals surface area contributed by atoms with E-state index in [9.17, 15) is 14.7 Å². The monoisotopic (exact) mass is 317 g/mol. The Kier molecular flexibility index (Phi) is 3.85. The highest BCUT2D eigenvalue weighted by Crippen LogP contribution is 2.28. The first kappa shape index (κ1) is 14.6. The van der Waals surface area contributed by atoms with E-state index in [-0.39, 0.29) is 5.91 Å². The first-order valence-electron chi connectivity index (χ1n) is 6.83. The number of rotatable bonds is 3. The van der Waals surface area contributed by atoms with Gasteiger partial charge in [-0.1, -0.05) is 24.3 Å². The highest BCUT2D eigenvalue weighted by atomic mass is 32.1. The van der Waals surface area contributed by atoms with Gasteiger partial charge in [0.05, 0.1) is 12.0 Å². The molecule has 3 rings (SSSR count). The van der Waals surface area contributed by atoms with Crippen molar-refractivity contribution in [2.45, 2.75) is 19.0 Å². The molecule has 1 atom stereocenters. The summed E-state index contributed by atoms with van der Waals surface area (Å²) in [6.07, 6.45) is 0.333. The fourth-order valence-electron chi connectivity index (χ4n) is 2.64. The minimum absolute atomic E-state index is 0.268. The largest absolute Gasteiger partial charge is 0.496 e. The zero-order valence-corrected chi connectivity index (χ0v) is 12.8. The number of hydrogen-bond donors (Lipinski definition) is 1. The molecule has 6 heteroatoms. The summed E-state index contributed by atoms with van der Waals surface area (Å²) < 4.78 is 5.09. The lowest BCUT2D eigenvalue weighted by Crippen LogP contribution is -2.48. The Morgan fingerprint density at radius 1 is 1.32 bits per heavy atom. The summed E-state index contributed by atoms with van der Waals surface area (Å²) >= 11 is 1.26. The van der Waals surface area contributed by atoms with Gasteiger partial charge in [0, 0.05) is 24.4 Å². The Labute approximate surface area is 131 Å². The van der Waals surface area contributed by atoms with Gasteiger partial charge in [-0.3, -0.25) is 4.79 Å². The van der Waals surface area contributed by atoms with Crippen molar-refractivity contribution in [3.8, 4) is 5.75 Å². The Bertz CT molecular complexity index is 724. The third kappa shape index (κ3) is 2.57. The van der Waals surface area contributed by atoms with E-state index in [1.54, 1.807) is 11.4 Å². The molecular formula is C16H15NO4S. The molecule has 1 amide bonds. The molecular weight excluding hydrogens is 302 g/mol. The summed E-state index contributed by atoms with van der Waals surface area (Å²) in [5.74, 6) is -0.640. The number of aliphatic carboxylic acids is 1. The Hall–Kier alpha value is -2.34. The maximum atomic E-state index is 12.7. The first-order chi connectivity index (χ1) is 10.6. The van der Waals surface area contributed by atoms with Crippen molar-refractivity contribution in [2.75, 3.05) is 7.11 Å². The molecule has 0 saturated heterocycles. The highest BCUT2D eigenvalue weighted by molar-refractivity contribution is 7.12. The maximum Gasteiger partial charge on any atom is 0.326 e. The van der Waals surface area contributed by atoms with Crippen molar-refractivity contribution < 1.29 is 19.4 Å². The molecule has 22 heavy (non-hydrogen) atoms.